The maximum absolute atomic E-state index is 12.6. The van der Waals surface area contributed by atoms with Crippen molar-refractivity contribution < 1.29 is 13.2 Å². The second kappa shape index (κ2) is 5.82. The lowest BCUT2D eigenvalue weighted by molar-refractivity contribution is -0.121. The first kappa shape index (κ1) is 15.2. The summed E-state index contributed by atoms with van der Waals surface area (Å²) in [6, 6.07) is 4.20. The minimum atomic E-state index is -3.65. The number of anilines is 1. The molecule has 118 valence electrons. The Morgan fingerprint density at radius 2 is 2.23 bits per heavy atom. The van der Waals surface area contributed by atoms with Gasteiger partial charge in [-0.3, -0.25) is 14.4 Å². The summed E-state index contributed by atoms with van der Waals surface area (Å²) in [6.07, 6.45) is 2.84. The van der Waals surface area contributed by atoms with Crippen LogP contribution in [-0.4, -0.2) is 36.7 Å². The number of aromatic nitrogens is 2. The highest BCUT2D eigenvalue weighted by molar-refractivity contribution is 7.91. The number of hydrogen-bond donors (Lipinski definition) is 1. The third-order valence-corrected chi connectivity index (χ3v) is 6.44. The third-order valence-electron chi connectivity index (χ3n) is 3.57. The maximum atomic E-state index is 12.6. The van der Waals surface area contributed by atoms with Gasteiger partial charge < -0.3 is 0 Å². The number of nitrogens with one attached hydrogen (secondary N) is 1. The molecule has 0 radical (unpaired) electrons. The summed E-state index contributed by atoms with van der Waals surface area (Å²) in [6.45, 7) is 0.565. The fourth-order valence-corrected chi connectivity index (χ4v) is 4.74. The number of hydrogen-bond acceptors (Lipinski definition) is 5. The standard InChI is InChI=1S/C13H16N4O3S2/c1-16-11(6-7-14-16)17-8-2-4-10(13(17)18)15-22(19,20)12-5-3-9-21-12/h3,5-7,9-10,15H,2,4,8H2,1H3/t10-/m1/s1. The van der Waals surface area contributed by atoms with Gasteiger partial charge in [-0.1, -0.05) is 6.07 Å². The monoisotopic (exact) mass is 340 g/mol. The molecule has 1 aliphatic heterocycles. The minimum Gasteiger partial charge on any atom is -0.296 e. The van der Waals surface area contributed by atoms with Crippen molar-refractivity contribution >= 4 is 33.1 Å². The summed E-state index contributed by atoms with van der Waals surface area (Å²) in [5.74, 6) is 0.431. The second-order valence-corrected chi connectivity index (χ2v) is 7.94. The van der Waals surface area contributed by atoms with Crippen LogP contribution in [0.3, 0.4) is 0 Å². The first-order chi connectivity index (χ1) is 10.5. The van der Waals surface area contributed by atoms with Gasteiger partial charge in [-0.15, -0.1) is 11.3 Å². The quantitative estimate of drug-likeness (QED) is 0.898. The SMILES string of the molecule is Cn1nccc1N1CCC[C@@H](NS(=O)(=O)c2cccs2)C1=O. The fourth-order valence-electron chi connectivity index (χ4n) is 2.51. The van der Waals surface area contributed by atoms with Crippen molar-refractivity contribution in [3.8, 4) is 0 Å². The predicted molar refractivity (Wildman–Crippen MR) is 83.2 cm³/mol. The fraction of sp³-hybridized carbons (Fsp3) is 0.385. The largest absolute Gasteiger partial charge is 0.296 e. The van der Waals surface area contributed by atoms with Crippen molar-refractivity contribution in [3.63, 3.8) is 0 Å². The molecule has 0 aliphatic carbocycles. The number of carbonyl (C=O) groups excluding carboxylic acids is 1. The molecule has 1 atom stereocenters. The lowest BCUT2D eigenvalue weighted by atomic mass is 10.1. The van der Waals surface area contributed by atoms with Crippen LogP contribution >= 0.6 is 11.3 Å². The van der Waals surface area contributed by atoms with E-state index in [2.05, 4.69) is 9.82 Å². The first-order valence-electron chi connectivity index (χ1n) is 6.84. The van der Waals surface area contributed by atoms with E-state index in [-0.39, 0.29) is 10.1 Å². The van der Waals surface area contributed by atoms with Crippen LogP contribution in [0.2, 0.25) is 0 Å². The number of rotatable bonds is 4. The molecule has 7 nitrogen and oxygen atoms in total. The lowest BCUT2D eigenvalue weighted by Crippen LogP contribution is -2.52. The van der Waals surface area contributed by atoms with Crippen LogP contribution in [-0.2, 0) is 21.9 Å². The van der Waals surface area contributed by atoms with Gasteiger partial charge in [0.2, 0.25) is 5.91 Å². The number of piperidine rings is 1. The second-order valence-electron chi connectivity index (χ2n) is 5.05. The minimum absolute atomic E-state index is 0.220. The van der Waals surface area contributed by atoms with Gasteiger partial charge in [0.25, 0.3) is 10.0 Å². The van der Waals surface area contributed by atoms with Crippen molar-refractivity contribution in [1.82, 2.24) is 14.5 Å². The van der Waals surface area contributed by atoms with E-state index >= 15 is 0 Å². The summed E-state index contributed by atoms with van der Waals surface area (Å²) in [5, 5.41) is 5.75. The van der Waals surface area contributed by atoms with Crippen molar-refractivity contribution in [2.45, 2.75) is 23.1 Å². The van der Waals surface area contributed by atoms with Gasteiger partial charge in [0.05, 0.1) is 6.20 Å². The van der Waals surface area contributed by atoms with Crippen molar-refractivity contribution in [2.24, 2.45) is 7.05 Å². The van der Waals surface area contributed by atoms with Gasteiger partial charge in [-0.2, -0.15) is 9.82 Å². The van der Waals surface area contributed by atoms with Crippen molar-refractivity contribution in [3.05, 3.63) is 29.8 Å². The van der Waals surface area contributed by atoms with E-state index in [4.69, 9.17) is 0 Å². The molecule has 1 aliphatic rings. The molecule has 22 heavy (non-hydrogen) atoms. The highest BCUT2D eigenvalue weighted by atomic mass is 32.2. The molecule has 1 amide bonds. The lowest BCUT2D eigenvalue weighted by Gasteiger charge is -2.32. The smallest absolute Gasteiger partial charge is 0.250 e. The van der Waals surface area contributed by atoms with Crippen molar-refractivity contribution in [1.29, 1.82) is 0 Å². The maximum Gasteiger partial charge on any atom is 0.250 e. The number of amides is 1. The third kappa shape index (κ3) is 2.79. The molecule has 2 aromatic heterocycles. The Labute approximate surface area is 132 Å². The number of nitrogens with zero attached hydrogens (tertiary/aromatic N) is 3. The predicted octanol–water partition coefficient (Wildman–Crippen LogP) is 0.956. The van der Waals surface area contributed by atoms with E-state index in [1.54, 1.807) is 40.3 Å². The van der Waals surface area contributed by atoms with E-state index in [0.717, 1.165) is 17.8 Å². The Balaban J connectivity index is 1.81. The van der Waals surface area contributed by atoms with Crippen LogP contribution < -0.4 is 9.62 Å². The summed E-state index contributed by atoms with van der Waals surface area (Å²) >= 11 is 1.13. The Hall–Kier alpha value is -1.71. The van der Waals surface area contributed by atoms with Crippen LogP contribution in [0.5, 0.6) is 0 Å². The molecule has 0 saturated carbocycles. The van der Waals surface area contributed by atoms with E-state index < -0.39 is 16.1 Å². The average Bonchev–Trinajstić information content (AvgIpc) is 3.13. The molecule has 1 N–H and O–H groups in total. The average molecular weight is 340 g/mol. The zero-order valence-electron chi connectivity index (χ0n) is 12.0. The molecule has 3 rings (SSSR count). The summed E-state index contributed by atoms with van der Waals surface area (Å²) in [7, 11) is -1.90. The molecule has 1 fully saturated rings. The Morgan fingerprint density at radius 3 is 2.86 bits per heavy atom. The Morgan fingerprint density at radius 1 is 1.41 bits per heavy atom. The molecule has 0 bridgehead atoms. The van der Waals surface area contributed by atoms with Gasteiger partial charge in [-0.05, 0) is 24.3 Å². The Bertz CT molecular complexity index is 767. The van der Waals surface area contributed by atoms with Crippen LogP contribution in [0, 0.1) is 0 Å². The first-order valence-corrected chi connectivity index (χ1v) is 9.20. The van der Waals surface area contributed by atoms with E-state index in [1.165, 1.54) is 6.07 Å². The molecule has 0 spiro atoms. The van der Waals surface area contributed by atoms with Crippen LogP contribution in [0.4, 0.5) is 5.82 Å². The summed E-state index contributed by atoms with van der Waals surface area (Å²) < 4.78 is 28.9. The molecule has 2 aromatic rings. The highest BCUT2D eigenvalue weighted by Gasteiger charge is 2.34. The number of carbonyl (C=O) groups is 1. The number of sulfonamides is 1. The van der Waals surface area contributed by atoms with Gasteiger partial charge >= 0.3 is 0 Å². The van der Waals surface area contributed by atoms with Crippen LogP contribution in [0.15, 0.2) is 34.0 Å². The molecule has 0 aromatic carbocycles. The van der Waals surface area contributed by atoms with Gasteiger partial charge in [0.1, 0.15) is 16.1 Å². The zero-order valence-corrected chi connectivity index (χ0v) is 13.6. The number of aryl methyl sites for hydroxylation is 1. The molecule has 9 heteroatoms. The van der Waals surface area contributed by atoms with Gasteiger partial charge in [-0.25, -0.2) is 8.42 Å². The topological polar surface area (TPSA) is 84.3 Å². The van der Waals surface area contributed by atoms with E-state index in [0.29, 0.717) is 18.8 Å². The van der Waals surface area contributed by atoms with E-state index in [1.807, 2.05) is 0 Å². The van der Waals surface area contributed by atoms with Gasteiger partial charge in [0.15, 0.2) is 0 Å². The number of thiophene rings is 1. The van der Waals surface area contributed by atoms with Crippen LogP contribution in [0.25, 0.3) is 0 Å². The normalized spacial score (nSPS) is 19.6. The zero-order chi connectivity index (χ0) is 15.7. The van der Waals surface area contributed by atoms with Gasteiger partial charge in [0, 0.05) is 19.7 Å². The highest BCUT2D eigenvalue weighted by Crippen LogP contribution is 2.22. The van der Waals surface area contributed by atoms with Crippen LogP contribution in [0.1, 0.15) is 12.8 Å². The molecule has 3 heterocycles. The van der Waals surface area contributed by atoms with Crippen molar-refractivity contribution in [2.75, 3.05) is 11.4 Å². The summed E-state index contributed by atoms with van der Waals surface area (Å²) in [5.41, 5.74) is 0. The van der Waals surface area contributed by atoms with E-state index in [9.17, 15) is 13.2 Å². The molecular weight excluding hydrogens is 324 g/mol. The summed E-state index contributed by atoms with van der Waals surface area (Å²) in [4.78, 5) is 14.2. The molecular formula is C13H16N4O3S2. The molecule has 0 unspecified atom stereocenters. The molecule has 1 saturated heterocycles. The Kier molecular flexibility index (Phi) is 4.02.